The molecule has 14 heteroatoms. The van der Waals surface area contributed by atoms with Crippen LogP contribution < -0.4 is 19.6 Å². The monoisotopic (exact) mass is 744 g/mol. The Morgan fingerprint density at radius 1 is 1.07 bits per heavy atom. The minimum atomic E-state index is -5.00. The average molecular weight is 747 g/mol. The first-order valence-corrected chi connectivity index (χ1v) is 15.5. The normalized spacial score (nSPS) is 15.2. The average Bonchev–Trinajstić information content (AvgIpc) is 3.28. The summed E-state index contributed by atoms with van der Waals surface area (Å²) in [6.45, 7) is 1.51. The molecule has 1 aliphatic heterocycles. The summed E-state index contributed by atoms with van der Waals surface area (Å²) in [7, 11) is 0. The van der Waals surface area contributed by atoms with Crippen molar-refractivity contribution in [3.63, 3.8) is 0 Å². The predicted molar refractivity (Wildman–Crippen MR) is 167 cm³/mol. The summed E-state index contributed by atoms with van der Waals surface area (Å²) in [4.78, 5) is 30.2. The Hall–Kier alpha value is -3.09. The Morgan fingerprint density at radius 2 is 1.80 bits per heavy atom. The molecule has 44 heavy (non-hydrogen) atoms. The lowest BCUT2D eigenvalue weighted by Crippen LogP contribution is -2.41. The van der Waals surface area contributed by atoms with Crippen molar-refractivity contribution in [2.45, 2.75) is 25.7 Å². The lowest BCUT2D eigenvalue weighted by molar-refractivity contribution is -0.140. The van der Waals surface area contributed by atoms with Crippen molar-refractivity contribution in [2.75, 3.05) is 6.61 Å². The van der Waals surface area contributed by atoms with Gasteiger partial charge in [0, 0.05) is 5.02 Å². The molecule has 0 fully saturated rings. The van der Waals surface area contributed by atoms with E-state index in [1.165, 1.54) is 37.3 Å². The van der Waals surface area contributed by atoms with E-state index in [9.17, 15) is 22.8 Å². The Kier molecular flexibility index (Phi) is 9.62. The molecule has 0 aliphatic carbocycles. The van der Waals surface area contributed by atoms with Crippen molar-refractivity contribution < 1.29 is 27.4 Å². The number of hydrogen-bond donors (Lipinski definition) is 0. The molecule has 2 heterocycles. The van der Waals surface area contributed by atoms with Crippen molar-refractivity contribution in [3.8, 4) is 5.75 Å². The number of rotatable bonds is 7. The first-order valence-electron chi connectivity index (χ1n) is 12.8. The molecule has 0 N–H and O–H groups in total. The zero-order chi connectivity index (χ0) is 31.8. The maximum atomic E-state index is 14.3. The molecule has 0 spiro atoms. The number of esters is 1. The number of aromatic nitrogens is 1. The molecule has 1 aromatic heterocycles. The number of nitrogens with zero attached hydrogens (tertiary/aromatic N) is 2. The first kappa shape index (κ1) is 32.3. The second-order valence-corrected chi connectivity index (χ2v) is 12.5. The molecule has 6 nitrogen and oxygen atoms in total. The molecule has 4 aromatic rings. The van der Waals surface area contributed by atoms with Crippen molar-refractivity contribution >= 4 is 74.1 Å². The van der Waals surface area contributed by atoms with Crippen LogP contribution in [0.2, 0.25) is 15.1 Å². The fourth-order valence-corrected chi connectivity index (χ4v) is 6.43. The van der Waals surface area contributed by atoms with Gasteiger partial charge < -0.3 is 9.47 Å². The molecule has 228 valence electrons. The highest BCUT2D eigenvalue weighted by Crippen LogP contribution is 2.38. The molecular formula is C30H19BrCl3F3N2O4S. The SMILES string of the molecule is CCOC(=O)C1=C(C(F)(F)F)N=c2s/c(=C\c3ccc(OCc4ccc(Cl)c(Cl)c4)c(Br)c3)c(=O)n2[C@H]1c1ccc(Cl)cc1. The maximum Gasteiger partial charge on any atom is 0.434 e. The summed E-state index contributed by atoms with van der Waals surface area (Å²) >= 11 is 22.3. The third kappa shape index (κ3) is 6.77. The van der Waals surface area contributed by atoms with Crippen molar-refractivity contribution in [1.82, 2.24) is 4.57 Å². The number of hydrogen-bond acceptors (Lipinski definition) is 6. The van der Waals surface area contributed by atoms with Gasteiger partial charge in [-0.3, -0.25) is 9.36 Å². The van der Waals surface area contributed by atoms with E-state index in [2.05, 4.69) is 20.9 Å². The van der Waals surface area contributed by atoms with Crippen molar-refractivity contribution in [3.05, 3.63) is 128 Å². The van der Waals surface area contributed by atoms with E-state index in [0.717, 1.165) is 21.5 Å². The van der Waals surface area contributed by atoms with Crippen LogP contribution in [-0.4, -0.2) is 23.3 Å². The van der Waals surface area contributed by atoms with Crippen LogP contribution in [0.4, 0.5) is 13.2 Å². The minimum Gasteiger partial charge on any atom is -0.488 e. The zero-order valence-corrected chi connectivity index (χ0v) is 27.1. The van der Waals surface area contributed by atoms with Gasteiger partial charge in [0.1, 0.15) is 12.4 Å². The van der Waals surface area contributed by atoms with Gasteiger partial charge in [-0.1, -0.05) is 70.4 Å². The number of allylic oxidation sites excluding steroid dienone is 1. The van der Waals surface area contributed by atoms with E-state index in [1.807, 2.05) is 0 Å². The van der Waals surface area contributed by atoms with Gasteiger partial charge >= 0.3 is 12.1 Å². The molecule has 0 saturated heterocycles. The largest absolute Gasteiger partial charge is 0.488 e. The van der Waals surface area contributed by atoms with Crippen LogP contribution in [0.3, 0.4) is 0 Å². The van der Waals surface area contributed by atoms with Crippen LogP contribution >= 0.6 is 62.1 Å². The van der Waals surface area contributed by atoms with Gasteiger partial charge in [-0.15, -0.1) is 0 Å². The molecule has 0 saturated carbocycles. The standard InChI is InChI=1S/C30H19BrCl3F3N2O4S/c1-2-42-28(41)24-25(17-5-7-18(32)8-6-17)39-27(40)23(44-29(39)38-26(24)30(35,36)37)13-15-4-10-22(19(31)11-15)43-14-16-3-9-20(33)21(34)12-16/h3-13,25H,2,14H2,1H3/b23-13-/t25-/m0/s1. The minimum absolute atomic E-state index is 0.103. The van der Waals surface area contributed by atoms with Gasteiger partial charge in [-0.05, 0) is 82.0 Å². The number of fused-ring (bicyclic) bond motifs is 1. The molecule has 1 aliphatic rings. The first-order chi connectivity index (χ1) is 20.9. The van der Waals surface area contributed by atoms with Crippen LogP contribution in [0.5, 0.6) is 5.75 Å². The fourth-order valence-electron chi connectivity index (χ4n) is 4.47. The lowest BCUT2D eigenvalue weighted by atomic mass is 9.95. The highest BCUT2D eigenvalue weighted by molar-refractivity contribution is 9.10. The van der Waals surface area contributed by atoms with E-state index in [1.54, 1.807) is 36.4 Å². The summed E-state index contributed by atoms with van der Waals surface area (Å²) in [5, 5.41) is 1.16. The molecule has 1 atom stereocenters. The van der Waals surface area contributed by atoms with Gasteiger partial charge in [-0.25, -0.2) is 9.79 Å². The molecular weight excluding hydrogens is 728 g/mol. The predicted octanol–water partition coefficient (Wildman–Crippen LogP) is 7.64. The van der Waals surface area contributed by atoms with E-state index in [4.69, 9.17) is 44.3 Å². The van der Waals surface area contributed by atoms with Gasteiger partial charge in [-0.2, -0.15) is 13.2 Å². The smallest absolute Gasteiger partial charge is 0.434 e. The highest BCUT2D eigenvalue weighted by atomic mass is 79.9. The third-order valence-corrected chi connectivity index (χ3v) is 9.01. The second kappa shape index (κ2) is 13.1. The van der Waals surface area contributed by atoms with Gasteiger partial charge in [0.2, 0.25) is 0 Å². The second-order valence-electron chi connectivity index (χ2n) is 9.34. The molecule has 0 radical (unpaired) electrons. The molecule has 3 aromatic carbocycles. The summed E-state index contributed by atoms with van der Waals surface area (Å²) in [6.07, 6.45) is -3.47. The summed E-state index contributed by atoms with van der Waals surface area (Å²) in [5.41, 5.74) is -1.25. The Balaban J connectivity index is 1.57. The van der Waals surface area contributed by atoms with Crippen molar-refractivity contribution in [1.29, 1.82) is 0 Å². The van der Waals surface area contributed by atoms with E-state index in [-0.39, 0.29) is 28.1 Å². The van der Waals surface area contributed by atoms with E-state index < -0.39 is 35.0 Å². The quantitative estimate of drug-likeness (QED) is 0.183. The topological polar surface area (TPSA) is 69.9 Å². The molecule has 0 amide bonds. The van der Waals surface area contributed by atoms with Crippen LogP contribution in [0.25, 0.3) is 6.08 Å². The maximum absolute atomic E-state index is 14.3. The van der Waals surface area contributed by atoms with Crippen LogP contribution in [0, 0.1) is 0 Å². The summed E-state index contributed by atoms with van der Waals surface area (Å²) in [6, 6.07) is 14.6. The van der Waals surface area contributed by atoms with E-state index >= 15 is 0 Å². The van der Waals surface area contributed by atoms with Gasteiger partial charge in [0.15, 0.2) is 10.5 Å². The summed E-state index contributed by atoms with van der Waals surface area (Å²) in [5.74, 6) is -0.718. The Bertz CT molecular complexity index is 1980. The number of halogens is 7. The number of ether oxygens (including phenoxy) is 2. The number of carbonyl (C=O) groups excluding carboxylic acids is 1. The number of thiazole rings is 1. The Morgan fingerprint density at radius 3 is 2.43 bits per heavy atom. The third-order valence-electron chi connectivity index (χ3n) is 6.41. The molecule has 5 rings (SSSR count). The fraction of sp³-hybridized carbons (Fsp3) is 0.167. The van der Waals surface area contributed by atoms with E-state index in [0.29, 0.717) is 30.9 Å². The number of carbonyl (C=O) groups is 1. The zero-order valence-electron chi connectivity index (χ0n) is 22.4. The molecule has 0 unspecified atom stereocenters. The van der Waals surface area contributed by atoms with Crippen LogP contribution in [-0.2, 0) is 16.1 Å². The number of benzene rings is 3. The van der Waals surface area contributed by atoms with Gasteiger partial charge in [0.05, 0.1) is 37.3 Å². The van der Waals surface area contributed by atoms with Crippen LogP contribution in [0.15, 0.2) is 86.2 Å². The van der Waals surface area contributed by atoms with Crippen LogP contribution in [0.1, 0.15) is 29.7 Å². The highest BCUT2D eigenvalue weighted by Gasteiger charge is 2.45. The van der Waals surface area contributed by atoms with Gasteiger partial charge in [0.25, 0.3) is 5.56 Å². The van der Waals surface area contributed by atoms with Crippen molar-refractivity contribution in [2.24, 2.45) is 4.99 Å². The number of alkyl halides is 3. The molecule has 0 bridgehead atoms. The Labute approximate surface area is 275 Å². The summed E-state index contributed by atoms with van der Waals surface area (Å²) < 4.78 is 55.5. The lowest BCUT2D eigenvalue weighted by Gasteiger charge is -2.26.